The van der Waals surface area contributed by atoms with Crippen molar-refractivity contribution in [2.75, 3.05) is 0 Å². The van der Waals surface area contributed by atoms with Crippen LogP contribution in [0.25, 0.3) is 11.0 Å². The Bertz CT molecular complexity index is 611. The lowest BCUT2D eigenvalue weighted by atomic mass is 10.2. The van der Waals surface area contributed by atoms with Crippen LogP contribution in [-0.4, -0.2) is 16.2 Å². The fourth-order valence-electron chi connectivity index (χ4n) is 1.64. The summed E-state index contributed by atoms with van der Waals surface area (Å²) in [6.45, 7) is -0.821. The first-order chi connectivity index (χ1) is 8.07. The van der Waals surface area contributed by atoms with Crippen LogP contribution in [0, 0.1) is 10.4 Å². The fourth-order valence-corrected chi connectivity index (χ4v) is 1.64. The van der Waals surface area contributed by atoms with E-state index in [1.807, 2.05) is 0 Å². The Balaban J connectivity index is 2.99. The summed E-state index contributed by atoms with van der Waals surface area (Å²) in [5.74, 6) is -1.56. The SMILES string of the molecule is O=C(O)c1c(CO)[n+]([O-])c2ccccc2[n+]1[O-]. The molecule has 7 nitrogen and oxygen atoms in total. The van der Waals surface area contributed by atoms with Crippen LogP contribution >= 0.6 is 0 Å². The number of rotatable bonds is 2. The van der Waals surface area contributed by atoms with Crippen LogP contribution < -0.4 is 9.46 Å². The normalized spacial score (nSPS) is 10.6. The Morgan fingerprint density at radius 1 is 1.18 bits per heavy atom. The van der Waals surface area contributed by atoms with E-state index in [0.717, 1.165) is 0 Å². The van der Waals surface area contributed by atoms with Gasteiger partial charge in [0.1, 0.15) is 6.61 Å². The van der Waals surface area contributed by atoms with Gasteiger partial charge in [0.2, 0.25) is 0 Å². The molecule has 0 aliphatic carbocycles. The number of carbonyl (C=O) groups is 1. The second-order valence-electron chi connectivity index (χ2n) is 3.34. The summed E-state index contributed by atoms with van der Waals surface area (Å²) in [5, 5.41) is 41.4. The molecule has 2 N–H and O–H groups in total. The lowest BCUT2D eigenvalue weighted by Gasteiger charge is -2.09. The topological polar surface area (TPSA) is 111 Å². The van der Waals surface area contributed by atoms with Gasteiger partial charge in [-0.15, -0.1) is 4.73 Å². The Kier molecular flexibility index (Phi) is 2.52. The van der Waals surface area contributed by atoms with Crippen molar-refractivity contribution in [1.29, 1.82) is 0 Å². The first-order valence-electron chi connectivity index (χ1n) is 4.68. The van der Waals surface area contributed by atoms with Gasteiger partial charge in [0.05, 0.1) is 0 Å². The number of aromatic nitrogens is 2. The lowest BCUT2D eigenvalue weighted by Crippen LogP contribution is -2.47. The number of carboxylic acids is 1. The molecule has 0 radical (unpaired) electrons. The van der Waals surface area contributed by atoms with E-state index in [4.69, 9.17) is 10.2 Å². The number of hydrogen-bond donors (Lipinski definition) is 2. The molecule has 0 bridgehead atoms. The van der Waals surface area contributed by atoms with Gasteiger partial charge in [-0.2, -0.15) is 4.73 Å². The van der Waals surface area contributed by atoms with E-state index in [-0.39, 0.29) is 20.5 Å². The summed E-state index contributed by atoms with van der Waals surface area (Å²) >= 11 is 0. The Hall–Kier alpha value is -2.41. The first-order valence-corrected chi connectivity index (χ1v) is 4.68. The van der Waals surface area contributed by atoms with E-state index in [2.05, 4.69) is 0 Å². The summed E-state index contributed by atoms with van der Waals surface area (Å²) in [4.78, 5) is 10.9. The molecule has 1 aromatic heterocycles. The van der Waals surface area contributed by atoms with Crippen LogP contribution in [0.3, 0.4) is 0 Å². The van der Waals surface area contributed by atoms with Gasteiger partial charge in [0.25, 0.3) is 16.7 Å². The second kappa shape index (κ2) is 3.87. The van der Waals surface area contributed by atoms with Crippen LogP contribution in [0.4, 0.5) is 0 Å². The van der Waals surface area contributed by atoms with Crippen molar-refractivity contribution in [3.05, 3.63) is 46.1 Å². The zero-order chi connectivity index (χ0) is 12.6. The molecule has 2 rings (SSSR count). The lowest BCUT2D eigenvalue weighted by molar-refractivity contribution is -0.638. The number of carboxylic acid groups (broad SMARTS) is 1. The molecular formula is C10H8N2O5. The maximum Gasteiger partial charge on any atom is 0.409 e. The smallest absolute Gasteiger partial charge is 0.409 e. The zero-order valence-corrected chi connectivity index (χ0v) is 8.53. The molecule has 0 fully saturated rings. The zero-order valence-electron chi connectivity index (χ0n) is 8.53. The number of hydrogen-bond acceptors (Lipinski definition) is 4. The molecule has 0 saturated carbocycles. The average Bonchev–Trinajstić information content (AvgIpc) is 2.33. The van der Waals surface area contributed by atoms with E-state index in [1.165, 1.54) is 18.2 Å². The van der Waals surface area contributed by atoms with Crippen LogP contribution in [0.1, 0.15) is 16.2 Å². The minimum Gasteiger partial charge on any atom is -0.618 e. The first kappa shape index (κ1) is 11.1. The number of nitrogens with zero attached hydrogens (tertiary/aromatic N) is 2. The van der Waals surface area contributed by atoms with E-state index in [0.29, 0.717) is 0 Å². The van der Waals surface area contributed by atoms with Crippen molar-refractivity contribution in [3.8, 4) is 0 Å². The molecule has 0 saturated heterocycles. The van der Waals surface area contributed by atoms with Crippen LogP contribution in [0.5, 0.6) is 0 Å². The van der Waals surface area contributed by atoms with Gasteiger partial charge in [0, 0.05) is 12.1 Å². The molecule has 7 heteroatoms. The molecule has 0 aliphatic rings. The molecule has 1 aromatic carbocycles. The summed E-state index contributed by atoms with van der Waals surface area (Å²) in [6, 6.07) is 5.77. The number of fused-ring (bicyclic) bond motifs is 1. The quantitative estimate of drug-likeness (QED) is 0.528. The number of benzene rings is 1. The van der Waals surface area contributed by atoms with Gasteiger partial charge in [-0.25, -0.2) is 4.79 Å². The summed E-state index contributed by atoms with van der Waals surface area (Å²) in [7, 11) is 0. The maximum absolute atomic E-state index is 11.8. The molecule has 2 aromatic rings. The number of aliphatic hydroxyl groups excluding tert-OH is 1. The molecule has 0 amide bonds. The highest BCUT2D eigenvalue weighted by atomic mass is 16.5. The standard InChI is InChI=1S/C10H8N2O5/c13-5-8-9(10(14)15)12(17)7-4-2-1-3-6(7)11(8)16/h1-4,13H,5H2,(H,14,15). The minimum absolute atomic E-state index is 0.0107. The highest BCUT2D eigenvalue weighted by Gasteiger charge is 2.32. The van der Waals surface area contributed by atoms with Crippen molar-refractivity contribution in [3.63, 3.8) is 0 Å². The predicted molar refractivity (Wildman–Crippen MR) is 54.8 cm³/mol. The average molecular weight is 236 g/mol. The third kappa shape index (κ3) is 1.53. The molecule has 0 atom stereocenters. The van der Waals surface area contributed by atoms with Gasteiger partial charge in [-0.1, -0.05) is 12.1 Å². The Morgan fingerprint density at radius 3 is 2.18 bits per heavy atom. The van der Waals surface area contributed by atoms with E-state index in [1.54, 1.807) is 6.07 Å². The largest absolute Gasteiger partial charge is 0.618 e. The molecule has 0 aliphatic heterocycles. The summed E-state index contributed by atoms with van der Waals surface area (Å²) in [6.07, 6.45) is 0. The molecule has 0 spiro atoms. The highest BCUT2D eigenvalue weighted by molar-refractivity contribution is 5.85. The molecule has 17 heavy (non-hydrogen) atoms. The molecule has 1 heterocycles. The van der Waals surface area contributed by atoms with Crippen molar-refractivity contribution in [2.45, 2.75) is 6.61 Å². The monoisotopic (exact) mass is 236 g/mol. The van der Waals surface area contributed by atoms with Crippen molar-refractivity contribution < 1.29 is 24.5 Å². The Morgan fingerprint density at radius 2 is 1.71 bits per heavy atom. The van der Waals surface area contributed by atoms with Crippen molar-refractivity contribution in [2.24, 2.45) is 0 Å². The number of aromatic carboxylic acids is 1. The second-order valence-corrected chi connectivity index (χ2v) is 3.34. The highest BCUT2D eigenvalue weighted by Crippen LogP contribution is 2.09. The summed E-state index contributed by atoms with van der Waals surface area (Å²) in [5.41, 5.74) is -1.29. The van der Waals surface area contributed by atoms with E-state index >= 15 is 0 Å². The van der Waals surface area contributed by atoms with E-state index < -0.39 is 24.0 Å². The van der Waals surface area contributed by atoms with Gasteiger partial charge in [-0.3, -0.25) is 0 Å². The molecule has 0 unspecified atom stereocenters. The van der Waals surface area contributed by atoms with Gasteiger partial charge in [-0.05, 0) is 0 Å². The minimum atomic E-state index is -1.56. The van der Waals surface area contributed by atoms with Crippen LogP contribution in [0.15, 0.2) is 24.3 Å². The van der Waals surface area contributed by atoms with Crippen molar-refractivity contribution >= 4 is 17.0 Å². The van der Waals surface area contributed by atoms with Crippen LogP contribution in [-0.2, 0) is 6.61 Å². The van der Waals surface area contributed by atoms with Crippen LogP contribution in [0.2, 0.25) is 0 Å². The molecular weight excluding hydrogens is 228 g/mol. The van der Waals surface area contributed by atoms with E-state index in [9.17, 15) is 15.2 Å². The summed E-state index contributed by atoms with van der Waals surface area (Å²) < 4.78 is 0.394. The third-order valence-electron chi connectivity index (χ3n) is 2.39. The van der Waals surface area contributed by atoms with Gasteiger partial charge in [0.15, 0.2) is 0 Å². The Labute approximate surface area is 94.9 Å². The predicted octanol–water partition coefficient (Wildman–Crippen LogP) is -0.703. The maximum atomic E-state index is 11.8. The van der Waals surface area contributed by atoms with Gasteiger partial charge >= 0.3 is 11.7 Å². The molecule has 88 valence electrons. The fraction of sp³-hybridized carbons (Fsp3) is 0.100. The number of aliphatic hydroxyl groups is 1. The van der Waals surface area contributed by atoms with Crippen molar-refractivity contribution in [1.82, 2.24) is 0 Å². The number of para-hydroxylation sites is 2. The van der Waals surface area contributed by atoms with Gasteiger partial charge < -0.3 is 20.6 Å². The third-order valence-corrected chi connectivity index (χ3v) is 2.39.